The summed E-state index contributed by atoms with van der Waals surface area (Å²) in [6, 6.07) is 4.15. The van der Waals surface area contributed by atoms with Crippen molar-refractivity contribution in [2.75, 3.05) is 0 Å². The van der Waals surface area contributed by atoms with Crippen LogP contribution in [-0.2, 0) is 43.8 Å². The Morgan fingerprint density at radius 3 is 1.73 bits per heavy atom. The molecule has 2 aliphatic rings. The van der Waals surface area contributed by atoms with E-state index in [-0.39, 0.29) is 57.4 Å². The second-order valence-electron chi connectivity index (χ2n) is 4.63. The van der Waals surface area contributed by atoms with Gasteiger partial charge in [0.25, 0.3) is 0 Å². The van der Waals surface area contributed by atoms with E-state index in [0.29, 0.717) is 0 Å². The van der Waals surface area contributed by atoms with E-state index in [2.05, 4.69) is 34.9 Å². The number of aliphatic carboxylic acids is 1. The Kier molecular flexibility index (Phi) is 16.3. The Labute approximate surface area is 171 Å². The van der Waals surface area contributed by atoms with Crippen LogP contribution in [0.5, 0.6) is 0 Å². The molecule has 1 aromatic rings. The number of carboxylic acid groups (broad SMARTS) is 1. The Hall–Kier alpha value is -1.64. The summed E-state index contributed by atoms with van der Waals surface area (Å²) in [5, 5.41) is 35.1. The smallest absolute Gasteiger partial charge is 0.665 e. The molecule has 0 atom stereocenters. The minimum Gasteiger partial charge on any atom is -0.665 e. The zero-order chi connectivity index (χ0) is 15.9. The second-order valence-corrected chi connectivity index (χ2v) is 4.63. The first-order valence-electron chi connectivity index (χ1n) is 6.74. The van der Waals surface area contributed by atoms with Crippen LogP contribution in [0.1, 0.15) is 12.8 Å². The molecule has 0 fully saturated rings. The number of carboxylic acids is 1. The van der Waals surface area contributed by atoms with Gasteiger partial charge < -0.3 is 36.9 Å². The number of hydrogen-bond donors (Lipinski definition) is 3. The monoisotopic (exact) mass is 455 g/mol. The van der Waals surface area contributed by atoms with Crippen molar-refractivity contribution in [3.05, 3.63) is 57.8 Å². The summed E-state index contributed by atoms with van der Waals surface area (Å²) in [5.41, 5.74) is 1.95. The third-order valence-corrected chi connectivity index (χ3v) is 2.96. The number of hydrogen-bond acceptors (Lipinski definition) is 3. The SMILES string of the molecule is C1=C[N-]c2c3c(ccc2=C1)=CC=C[N-]3.O.O=C(O)CCC(O)O.[Co+2].[Co].[OH3+]. The van der Waals surface area contributed by atoms with E-state index in [9.17, 15) is 4.79 Å². The number of fused-ring (bicyclic) bond motifs is 3. The van der Waals surface area contributed by atoms with Crippen LogP contribution < -0.4 is 10.4 Å². The summed E-state index contributed by atoms with van der Waals surface area (Å²) in [5.74, 6) is -1.02. The van der Waals surface area contributed by atoms with Crippen LogP contribution in [-0.4, -0.2) is 33.1 Å². The molecular weight excluding hydrogens is 434 g/mol. The normalized spacial score (nSPS) is 11.3. The molecule has 10 heteroatoms. The number of rotatable bonds is 3. The molecule has 0 saturated carbocycles. The van der Waals surface area contributed by atoms with Crippen LogP contribution in [0.25, 0.3) is 22.8 Å². The van der Waals surface area contributed by atoms with Gasteiger partial charge in [-0.3, -0.25) is 4.79 Å². The summed E-state index contributed by atoms with van der Waals surface area (Å²) >= 11 is 0. The first-order chi connectivity index (χ1) is 10.6. The molecule has 3 rings (SSSR count). The zero-order valence-electron chi connectivity index (χ0n) is 13.5. The van der Waals surface area contributed by atoms with E-state index in [1.165, 1.54) is 0 Å². The first kappa shape index (κ1) is 29.1. The third kappa shape index (κ3) is 8.64. The second kappa shape index (κ2) is 14.5. The Bertz CT molecular complexity index is 684. The van der Waals surface area contributed by atoms with Gasteiger partial charge in [-0.15, -0.1) is 11.4 Å². The van der Waals surface area contributed by atoms with E-state index in [1.807, 2.05) is 12.2 Å². The fourth-order valence-corrected chi connectivity index (χ4v) is 1.93. The van der Waals surface area contributed by atoms with Crippen molar-refractivity contribution in [2.45, 2.75) is 19.1 Å². The van der Waals surface area contributed by atoms with Crippen LogP contribution in [0.3, 0.4) is 0 Å². The topological polar surface area (TPSA) is 170 Å². The Morgan fingerprint density at radius 2 is 1.42 bits per heavy atom. The van der Waals surface area contributed by atoms with Gasteiger partial charge in [-0.1, -0.05) is 36.4 Å². The molecule has 8 N–H and O–H groups in total. The van der Waals surface area contributed by atoms with Crippen molar-refractivity contribution in [1.29, 1.82) is 0 Å². The average Bonchev–Trinajstić information content (AvgIpc) is 2.53. The number of carbonyl (C=O) groups is 1. The molecule has 2 radical (unpaired) electrons. The molecule has 2 aliphatic heterocycles. The molecule has 8 nitrogen and oxygen atoms in total. The number of aliphatic hydroxyl groups is 2. The quantitative estimate of drug-likeness (QED) is 0.421. The van der Waals surface area contributed by atoms with Crippen molar-refractivity contribution in [1.82, 2.24) is 0 Å². The van der Waals surface area contributed by atoms with Gasteiger partial charge in [0, 0.05) is 23.2 Å². The van der Waals surface area contributed by atoms with E-state index < -0.39 is 12.3 Å². The number of aliphatic hydroxyl groups excluding tert-OH is 1. The number of allylic oxidation sites excluding steroid dienone is 2. The van der Waals surface area contributed by atoms with Gasteiger partial charge in [0.2, 0.25) is 0 Å². The van der Waals surface area contributed by atoms with Crippen LogP contribution in [0.15, 0.2) is 36.7 Å². The van der Waals surface area contributed by atoms with Gasteiger partial charge in [-0.2, -0.15) is 12.4 Å². The van der Waals surface area contributed by atoms with Crippen LogP contribution in [0.4, 0.5) is 11.4 Å². The fraction of sp³-hybridized carbons (Fsp3) is 0.188. The first-order valence-corrected chi connectivity index (χ1v) is 6.74. The Morgan fingerprint density at radius 1 is 1.00 bits per heavy atom. The van der Waals surface area contributed by atoms with E-state index in [0.717, 1.165) is 21.8 Å². The summed E-state index contributed by atoms with van der Waals surface area (Å²) < 4.78 is 0. The van der Waals surface area contributed by atoms with Crippen LogP contribution in [0.2, 0.25) is 0 Å². The predicted octanol–water partition coefficient (Wildman–Crippen LogP) is -0.277. The van der Waals surface area contributed by atoms with Crippen molar-refractivity contribution in [2.24, 2.45) is 0 Å². The third-order valence-electron chi connectivity index (χ3n) is 2.96. The van der Waals surface area contributed by atoms with Gasteiger partial charge in [0.1, 0.15) is 0 Å². The maximum atomic E-state index is 9.68. The standard InChI is InChI=1S/C12H8N2.C4H8O4.2Co.2H2O/c1-3-9-5-6-10-4-2-8-14-12(10)11(9)13-7-1;5-3(6)1-2-4(7)8;;;;/h1-8H;3,5-6H,1-2H2,(H,7,8);;;2*1H2/q-2;;;+2;;/p+1. The van der Waals surface area contributed by atoms with E-state index in [4.69, 9.17) is 15.3 Å². The van der Waals surface area contributed by atoms with Crippen LogP contribution in [0, 0.1) is 0 Å². The molecule has 26 heavy (non-hydrogen) atoms. The minimum atomic E-state index is -1.49. The minimum absolute atomic E-state index is 0. The summed E-state index contributed by atoms with van der Waals surface area (Å²) in [7, 11) is 0. The fourth-order valence-electron chi connectivity index (χ4n) is 1.93. The molecular formula is C16H21Co2N2O6+. The molecule has 0 aliphatic carbocycles. The van der Waals surface area contributed by atoms with Crippen molar-refractivity contribution in [3.8, 4) is 0 Å². The maximum absolute atomic E-state index is 9.68. The van der Waals surface area contributed by atoms with Gasteiger partial charge in [0.05, 0.1) is 6.42 Å². The predicted molar refractivity (Wildman–Crippen MR) is 92.5 cm³/mol. The molecule has 0 spiro atoms. The van der Waals surface area contributed by atoms with Crippen molar-refractivity contribution in [3.63, 3.8) is 0 Å². The molecule has 2 heterocycles. The molecule has 1 aromatic carbocycles. The molecule has 0 saturated heterocycles. The molecule has 148 valence electrons. The Balaban J connectivity index is -0.000000396. The van der Waals surface area contributed by atoms with Gasteiger partial charge in [0.15, 0.2) is 6.29 Å². The molecule has 0 unspecified atom stereocenters. The van der Waals surface area contributed by atoms with E-state index >= 15 is 0 Å². The van der Waals surface area contributed by atoms with Gasteiger partial charge in [-0.25, -0.2) is 0 Å². The van der Waals surface area contributed by atoms with Crippen LogP contribution >= 0.6 is 0 Å². The average molecular weight is 455 g/mol. The van der Waals surface area contributed by atoms with Crippen molar-refractivity contribution < 1.29 is 64.6 Å². The number of benzene rings is 1. The van der Waals surface area contributed by atoms with Gasteiger partial charge in [-0.05, 0) is 10.4 Å². The number of nitrogens with zero attached hydrogens (tertiary/aromatic N) is 2. The summed E-state index contributed by atoms with van der Waals surface area (Å²) in [6.45, 7) is 0. The molecule has 0 aromatic heterocycles. The summed E-state index contributed by atoms with van der Waals surface area (Å²) in [4.78, 5) is 9.68. The summed E-state index contributed by atoms with van der Waals surface area (Å²) in [6.07, 6.45) is 9.80. The molecule has 0 amide bonds. The largest absolute Gasteiger partial charge is 2.00 e. The van der Waals surface area contributed by atoms with Crippen molar-refractivity contribution >= 4 is 29.5 Å². The van der Waals surface area contributed by atoms with Gasteiger partial charge >= 0.3 is 22.7 Å². The zero-order valence-corrected chi connectivity index (χ0v) is 15.6. The molecule has 0 bridgehead atoms. The maximum Gasteiger partial charge on any atom is 2.00 e. The van der Waals surface area contributed by atoms with E-state index in [1.54, 1.807) is 12.4 Å².